The van der Waals surface area contributed by atoms with Gasteiger partial charge in [-0.1, -0.05) is 18.0 Å². The average molecular weight is 312 g/mol. The highest BCUT2D eigenvalue weighted by atomic mass is 35.5. The van der Waals surface area contributed by atoms with Crippen LogP contribution in [0.5, 0.6) is 0 Å². The van der Waals surface area contributed by atoms with Crippen LogP contribution in [0.4, 0.5) is 11.4 Å². The van der Waals surface area contributed by atoms with Crippen LogP contribution in [0.25, 0.3) is 0 Å². The molecule has 1 heterocycles. The molecule has 1 aliphatic rings. The number of nitrogens with two attached hydrogens (primary N) is 1. The van der Waals surface area contributed by atoms with E-state index in [9.17, 15) is 9.90 Å². The van der Waals surface area contributed by atoms with Crippen molar-refractivity contribution in [2.24, 2.45) is 0 Å². The molecule has 1 aromatic rings. The first-order valence-electron chi connectivity index (χ1n) is 7.30. The van der Waals surface area contributed by atoms with Crippen molar-refractivity contribution in [3.05, 3.63) is 23.2 Å². The molecule has 1 aliphatic heterocycles. The van der Waals surface area contributed by atoms with Crippen LogP contribution >= 0.6 is 11.6 Å². The summed E-state index contributed by atoms with van der Waals surface area (Å²) >= 11 is 5.89. The Bertz CT molecular complexity index is 496. The first kappa shape index (κ1) is 16.1. The third-order valence-corrected chi connectivity index (χ3v) is 4.11. The topological polar surface area (TPSA) is 78.6 Å². The van der Waals surface area contributed by atoms with Gasteiger partial charge in [0.1, 0.15) is 0 Å². The standard InChI is InChI=1S/C15H22ClN3O2/c16-11-4-5-13(17)14(9-11)18-15(21)6-8-19-7-2-1-3-12(19)10-20/h4-5,9,12,20H,1-3,6-8,10,17H2,(H,18,21). The summed E-state index contributed by atoms with van der Waals surface area (Å²) < 4.78 is 0. The van der Waals surface area contributed by atoms with Crippen molar-refractivity contribution in [3.63, 3.8) is 0 Å². The van der Waals surface area contributed by atoms with Gasteiger partial charge in [0.15, 0.2) is 0 Å². The number of carbonyl (C=O) groups excluding carboxylic acids is 1. The minimum Gasteiger partial charge on any atom is -0.397 e. The molecule has 21 heavy (non-hydrogen) atoms. The minimum atomic E-state index is -0.0915. The summed E-state index contributed by atoms with van der Waals surface area (Å²) in [5.41, 5.74) is 6.85. The van der Waals surface area contributed by atoms with Crippen LogP contribution in [0, 0.1) is 0 Å². The second-order valence-electron chi connectivity index (χ2n) is 5.40. The number of hydrogen-bond acceptors (Lipinski definition) is 4. The molecule has 2 rings (SSSR count). The Kier molecular flexibility index (Phi) is 5.85. The molecular formula is C15H22ClN3O2. The summed E-state index contributed by atoms with van der Waals surface area (Å²) in [4.78, 5) is 14.2. The van der Waals surface area contributed by atoms with Gasteiger partial charge in [0, 0.05) is 24.0 Å². The number of anilines is 2. The van der Waals surface area contributed by atoms with Crippen molar-refractivity contribution in [2.45, 2.75) is 31.7 Å². The lowest BCUT2D eigenvalue weighted by Crippen LogP contribution is -2.43. The second-order valence-corrected chi connectivity index (χ2v) is 5.83. The number of aliphatic hydroxyl groups is 1. The molecule has 1 aromatic carbocycles. The number of likely N-dealkylation sites (tertiary alicyclic amines) is 1. The molecule has 5 nitrogen and oxygen atoms in total. The predicted molar refractivity (Wildman–Crippen MR) is 85.4 cm³/mol. The number of aliphatic hydroxyl groups excluding tert-OH is 1. The molecular weight excluding hydrogens is 290 g/mol. The lowest BCUT2D eigenvalue weighted by atomic mass is 10.0. The van der Waals surface area contributed by atoms with Gasteiger partial charge in [-0.2, -0.15) is 0 Å². The third-order valence-electron chi connectivity index (χ3n) is 3.88. The summed E-state index contributed by atoms with van der Waals surface area (Å²) in [6.45, 7) is 1.75. The number of benzene rings is 1. The van der Waals surface area contributed by atoms with Crippen LogP contribution in [0.3, 0.4) is 0 Å². The average Bonchev–Trinajstić information content (AvgIpc) is 2.49. The van der Waals surface area contributed by atoms with Crippen LogP contribution in [-0.2, 0) is 4.79 Å². The molecule has 1 saturated heterocycles. The number of piperidine rings is 1. The fraction of sp³-hybridized carbons (Fsp3) is 0.533. The fourth-order valence-electron chi connectivity index (χ4n) is 2.66. The lowest BCUT2D eigenvalue weighted by molar-refractivity contribution is -0.116. The second kappa shape index (κ2) is 7.64. The van der Waals surface area contributed by atoms with E-state index < -0.39 is 0 Å². The van der Waals surface area contributed by atoms with Gasteiger partial charge in [0.25, 0.3) is 0 Å². The molecule has 0 saturated carbocycles. The van der Waals surface area contributed by atoms with Crippen molar-refractivity contribution >= 4 is 28.9 Å². The largest absolute Gasteiger partial charge is 0.397 e. The van der Waals surface area contributed by atoms with Crippen molar-refractivity contribution in [2.75, 3.05) is 30.7 Å². The van der Waals surface area contributed by atoms with Crippen LogP contribution in [0.1, 0.15) is 25.7 Å². The zero-order valence-electron chi connectivity index (χ0n) is 12.0. The van der Waals surface area contributed by atoms with Gasteiger partial charge in [0.05, 0.1) is 18.0 Å². The molecule has 6 heteroatoms. The number of halogens is 1. The van der Waals surface area contributed by atoms with Gasteiger partial charge in [-0.25, -0.2) is 0 Å². The first-order chi connectivity index (χ1) is 10.1. The maximum absolute atomic E-state index is 12.0. The summed E-state index contributed by atoms with van der Waals surface area (Å²) in [5, 5.41) is 12.7. The van der Waals surface area contributed by atoms with E-state index in [1.165, 1.54) is 0 Å². The van der Waals surface area contributed by atoms with E-state index in [-0.39, 0.29) is 18.6 Å². The molecule has 4 N–H and O–H groups in total. The van der Waals surface area contributed by atoms with Gasteiger partial charge in [-0.3, -0.25) is 9.69 Å². The van der Waals surface area contributed by atoms with Gasteiger partial charge in [-0.15, -0.1) is 0 Å². The molecule has 1 amide bonds. The SMILES string of the molecule is Nc1ccc(Cl)cc1NC(=O)CCN1CCCCC1CO. The van der Waals surface area contributed by atoms with Crippen molar-refractivity contribution in [1.29, 1.82) is 0 Å². The van der Waals surface area contributed by atoms with E-state index in [2.05, 4.69) is 10.2 Å². The normalized spacial score (nSPS) is 19.4. The van der Waals surface area contributed by atoms with E-state index in [1.54, 1.807) is 18.2 Å². The first-order valence-corrected chi connectivity index (χ1v) is 7.67. The number of nitrogens with zero attached hydrogens (tertiary/aromatic N) is 1. The predicted octanol–water partition coefficient (Wildman–Crippen LogP) is 2.10. The monoisotopic (exact) mass is 311 g/mol. The van der Waals surface area contributed by atoms with Crippen LogP contribution in [0.2, 0.25) is 5.02 Å². The molecule has 116 valence electrons. The number of nitrogen functional groups attached to an aromatic ring is 1. The molecule has 0 spiro atoms. The van der Waals surface area contributed by atoms with E-state index in [4.69, 9.17) is 17.3 Å². The molecule has 1 atom stereocenters. The van der Waals surface area contributed by atoms with Gasteiger partial charge < -0.3 is 16.2 Å². The summed E-state index contributed by atoms with van der Waals surface area (Å²) in [6.07, 6.45) is 3.65. The van der Waals surface area contributed by atoms with E-state index >= 15 is 0 Å². The van der Waals surface area contributed by atoms with Crippen molar-refractivity contribution in [1.82, 2.24) is 4.90 Å². The van der Waals surface area contributed by atoms with Crippen molar-refractivity contribution < 1.29 is 9.90 Å². The number of carbonyl (C=O) groups is 1. The maximum atomic E-state index is 12.0. The third kappa shape index (κ3) is 4.59. The Morgan fingerprint density at radius 2 is 2.29 bits per heavy atom. The molecule has 0 aliphatic carbocycles. The highest BCUT2D eigenvalue weighted by molar-refractivity contribution is 6.31. The summed E-state index contributed by atoms with van der Waals surface area (Å²) in [7, 11) is 0. The smallest absolute Gasteiger partial charge is 0.225 e. The molecule has 1 unspecified atom stereocenters. The minimum absolute atomic E-state index is 0.0915. The highest BCUT2D eigenvalue weighted by Gasteiger charge is 2.21. The fourth-order valence-corrected chi connectivity index (χ4v) is 2.83. The maximum Gasteiger partial charge on any atom is 0.225 e. The number of rotatable bonds is 5. The van der Waals surface area contributed by atoms with Crippen molar-refractivity contribution in [3.8, 4) is 0 Å². The van der Waals surface area contributed by atoms with E-state index in [0.717, 1.165) is 25.8 Å². The summed E-state index contributed by atoms with van der Waals surface area (Å²) in [6, 6.07) is 5.19. The lowest BCUT2D eigenvalue weighted by Gasteiger charge is -2.34. The molecule has 0 aromatic heterocycles. The van der Waals surface area contributed by atoms with Gasteiger partial charge >= 0.3 is 0 Å². The van der Waals surface area contributed by atoms with E-state index in [1.807, 2.05) is 0 Å². The Labute approximate surface area is 130 Å². The molecule has 0 radical (unpaired) electrons. The van der Waals surface area contributed by atoms with Crippen LogP contribution in [-0.4, -0.2) is 41.7 Å². The quantitative estimate of drug-likeness (QED) is 0.728. The Morgan fingerprint density at radius 3 is 3.05 bits per heavy atom. The number of amides is 1. The van der Waals surface area contributed by atoms with Crippen LogP contribution in [0.15, 0.2) is 18.2 Å². The zero-order chi connectivity index (χ0) is 15.2. The Hall–Kier alpha value is -1.30. The Morgan fingerprint density at radius 1 is 1.48 bits per heavy atom. The number of hydrogen-bond donors (Lipinski definition) is 3. The highest BCUT2D eigenvalue weighted by Crippen LogP contribution is 2.23. The van der Waals surface area contributed by atoms with Gasteiger partial charge in [0.2, 0.25) is 5.91 Å². The van der Waals surface area contributed by atoms with E-state index in [0.29, 0.717) is 29.4 Å². The summed E-state index contributed by atoms with van der Waals surface area (Å²) in [5.74, 6) is -0.0915. The van der Waals surface area contributed by atoms with Crippen LogP contribution < -0.4 is 11.1 Å². The Balaban J connectivity index is 1.85. The molecule has 1 fully saturated rings. The zero-order valence-corrected chi connectivity index (χ0v) is 12.8. The molecule has 0 bridgehead atoms. The number of nitrogens with one attached hydrogen (secondary N) is 1. The van der Waals surface area contributed by atoms with Gasteiger partial charge in [-0.05, 0) is 37.6 Å².